The maximum absolute atomic E-state index is 3.47. The lowest BCUT2D eigenvalue weighted by Crippen LogP contribution is -2.15. The SMILES string of the molecule is CCCNCCCCCCCCCCCCN(C)C. The van der Waals surface area contributed by atoms with Crippen molar-refractivity contribution in [2.24, 2.45) is 0 Å². The second kappa shape index (κ2) is 16.0. The Kier molecular flexibility index (Phi) is 15.9. The van der Waals surface area contributed by atoms with Gasteiger partial charge in [0.25, 0.3) is 0 Å². The number of hydrogen-bond donors (Lipinski definition) is 1. The van der Waals surface area contributed by atoms with E-state index in [0.29, 0.717) is 0 Å². The Labute approximate surface area is 122 Å². The third-order valence-electron chi connectivity index (χ3n) is 3.64. The molecule has 0 bridgehead atoms. The minimum atomic E-state index is 1.19. The van der Waals surface area contributed by atoms with Crippen LogP contribution in [0.2, 0.25) is 0 Å². The summed E-state index contributed by atoms with van der Waals surface area (Å²) < 4.78 is 0. The van der Waals surface area contributed by atoms with Gasteiger partial charge < -0.3 is 10.2 Å². The van der Waals surface area contributed by atoms with Gasteiger partial charge >= 0.3 is 0 Å². The van der Waals surface area contributed by atoms with E-state index in [0.717, 1.165) is 0 Å². The minimum Gasteiger partial charge on any atom is -0.317 e. The van der Waals surface area contributed by atoms with Gasteiger partial charge in [0.15, 0.2) is 0 Å². The van der Waals surface area contributed by atoms with Crippen LogP contribution in [0.5, 0.6) is 0 Å². The molecule has 0 aromatic rings. The molecule has 116 valence electrons. The molecule has 19 heavy (non-hydrogen) atoms. The molecule has 0 atom stereocenters. The maximum atomic E-state index is 3.47. The van der Waals surface area contributed by atoms with Crippen molar-refractivity contribution in [3.8, 4) is 0 Å². The molecular formula is C17H38N2. The number of rotatable bonds is 15. The minimum absolute atomic E-state index is 1.19. The molecule has 0 amide bonds. The van der Waals surface area contributed by atoms with Crippen LogP contribution in [0.4, 0.5) is 0 Å². The molecule has 2 nitrogen and oxygen atoms in total. The zero-order valence-electron chi connectivity index (χ0n) is 13.8. The Morgan fingerprint density at radius 1 is 0.632 bits per heavy atom. The molecule has 2 heteroatoms. The molecule has 0 radical (unpaired) electrons. The zero-order chi connectivity index (χ0) is 14.2. The fourth-order valence-electron chi connectivity index (χ4n) is 2.39. The first kappa shape index (κ1) is 18.9. The van der Waals surface area contributed by atoms with Crippen molar-refractivity contribution in [1.29, 1.82) is 0 Å². The molecule has 0 saturated carbocycles. The highest BCUT2D eigenvalue weighted by Crippen LogP contribution is 2.10. The lowest BCUT2D eigenvalue weighted by atomic mass is 10.1. The Hall–Kier alpha value is -0.0800. The average molecular weight is 271 g/mol. The first-order valence-corrected chi connectivity index (χ1v) is 8.62. The average Bonchev–Trinajstić information content (AvgIpc) is 2.39. The van der Waals surface area contributed by atoms with Crippen molar-refractivity contribution in [3.63, 3.8) is 0 Å². The predicted molar refractivity (Wildman–Crippen MR) is 87.9 cm³/mol. The number of unbranched alkanes of at least 4 members (excludes halogenated alkanes) is 9. The molecule has 0 aromatic heterocycles. The fourth-order valence-corrected chi connectivity index (χ4v) is 2.39. The number of hydrogen-bond acceptors (Lipinski definition) is 2. The van der Waals surface area contributed by atoms with Crippen molar-refractivity contribution in [2.45, 2.75) is 77.6 Å². The molecule has 0 heterocycles. The van der Waals surface area contributed by atoms with Gasteiger partial charge in [0.1, 0.15) is 0 Å². The number of nitrogens with zero attached hydrogens (tertiary/aromatic N) is 1. The smallest absolute Gasteiger partial charge is 0.00248 e. The van der Waals surface area contributed by atoms with E-state index in [1.807, 2.05) is 0 Å². The summed E-state index contributed by atoms with van der Waals surface area (Å²) in [4.78, 5) is 2.29. The van der Waals surface area contributed by atoms with E-state index < -0.39 is 0 Å². The Balaban J connectivity index is 2.91. The first-order valence-electron chi connectivity index (χ1n) is 8.62. The Morgan fingerprint density at radius 2 is 1.11 bits per heavy atom. The fraction of sp³-hybridized carbons (Fsp3) is 1.00. The van der Waals surface area contributed by atoms with Crippen LogP contribution in [0.15, 0.2) is 0 Å². The molecule has 0 saturated heterocycles. The predicted octanol–water partition coefficient (Wildman–Crippen LogP) is 4.45. The molecule has 0 rings (SSSR count). The highest BCUT2D eigenvalue weighted by molar-refractivity contribution is 4.51. The molecular weight excluding hydrogens is 232 g/mol. The molecule has 0 spiro atoms. The summed E-state index contributed by atoms with van der Waals surface area (Å²) in [5.74, 6) is 0. The molecule has 0 unspecified atom stereocenters. The van der Waals surface area contributed by atoms with Crippen LogP contribution in [0.3, 0.4) is 0 Å². The third-order valence-corrected chi connectivity index (χ3v) is 3.64. The first-order chi connectivity index (χ1) is 9.27. The summed E-state index contributed by atoms with van der Waals surface area (Å²) in [5, 5.41) is 3.47. The highest BCUT2D eigenvalue weighted by Gasteiger charge is 1.94. The normalized spacial score (nSPS) is 11.4. The van der Waals surface area contributed by atoms with Crippen LogP contribution < -0.4 is 5.32 Å². The van der Waals surface area contributed by atoms with Crippen LogP contribution in [-0.4, -0.2) is 38.6 Å². The van der Waals surface area contributed by atoms with E-state index >= 15 is 0 Å². The maximum Gasteiger partial charge on any atom is -0.00248 e. The van der Waals surface area contributed by atoms with E-state index in [1.54, 1.807) is 0 Å². The highest BCUT2D eigenvalue weighted by atomic mass is 15.0. The summed E-state index contributed by atoms with van der Waals surface area (Å²) >= 11 is 0. The van der Waals surface area contributed by atoms with Crippen molar-refractivity contribution >= 4 is 0 Å². The second-order valence-electron chi connectivity index (χ2n) is 6.09. The summed E-state index contributed by atoms with van der Waals surface area (Å²) in [5.41, 5.74) is 0. The van der Waals surface area contributed by atoms with E-state index in [-0.39, 0.29) is 0 Å². The van der Waals surface area contributed by atoms with Crippen LogP contribution in [0.25, 0.3) is 0 Å². The molecule has 0 aliphatic heterocycles. The lowest BCUT2D eigenvalue weighted by molar-refractivity contribution is 0.389. The Morgan fingerprint density at radius 3 is 1.58 bits per heavy atom. The van der Waals surface area contributed by atoms with Gasteiger partial charge in [0, 0.05) is 0 Å². The van der Waals surface area contributed by atoms with Gasteiger partial charge in [-0.3, -0.25) is 0 Å². The van der Waals surface area contributed by atoms with Gasteiger partial charge in [-0.1, -0.05) is 58.3 Å². The van der Waals surface area contributed by atoms with Gasteiger partial charge in [0.05, 0.1) is 0 Å². The Bertz CT molecular complexity index is 157. The topological polar surface area (TPSA) is 15.3 Å². The molecule has 0 aliphatic rings. The molecule has 1 N–H and O–H groups in total. The molecule has 0 fully saturated rings. The van der Waals surface area contributed by atoms with Crippen molar-refractivity contribution < 1.29 is 0 Å². The van der Waals surface area contributed by atoms with Crippen molar-refractivity contribution in [2.75, 3.05) is 33.7 Å². The van der Waals surface area contributed by atoms with Crippen LogP contribution in [-0.2, 0) is 0 Å². The largest absolute Gasteiger partial charge is 0.317 e. The van der Waals surface area contributed by atoms with Gasteiger partial charge in [0.2, 0.25) is 0 Å². The molecule has 0 aromatic carbocycles. The standard InChI is InChI=1S/C17H38N2/c1-4-15-18-16-13-11-9-7-5-6-8-10-12-14-17-19(2)3/h18H,4-17H2,1-3H3. The quantitative estimate of drug-likeness (QED) is 0.442. The van der Waals surface area contributed by atoms with E-state index in [1.165, 1.54) is 90.3 Å². The van der Waals surface area contributed by atoms with Crippen LogP contribution >= 0.6 is 0 Å². The summed E-state index contributed by atoms with van der Waals surface area (Å²) in [6, 6.07) is 0. The van der Waals surface area contributed by atoms with Gasteiger partial charge in [-0.2, -0.15) is 0 Å². The monoisotopic (exact) mass is 270 g/mol. The van der Waals surface area contributed by atoms with Crippen molar-refractivity contribution in [3.05, 3.63) is 0 Å². The summed E-state index contributed by atoms with van der Waals surface area (Å²) in [6.07, 6.45) is 15.5. The summed E-state index contributed by atoms with van der Waals surface area (Å²) in [7, 11) is 4.33. The van der Waals surface area contributed by atoms with Crippen LogP contribution in [0, 0.1) is 0 Å². The zero-order valence-corrected chi connectivity index (χ0v) is 13.8. The van der Waals surface area contributed by atoms with E-state index in [9.17, 15) is 0 Å². The third kappa shape index (κ3) is 17.9. The second-order valence-corrected chi connectivity index (χ2v) is 6.09. The molecule has 0 aliphatic carbocycles. The lowest BCUT2D eigenvalue weighted by Gasteiger charge is -2.08. The van der Waals surface area contributed by atoms with Gasteiger partial charge in [-0.25, -0.2) is 0 Å². The van der Waals surface area contributed by atoms with E-state index in [2.05, 4.69) is 31.2 Å². The number of nitrogens with one attached hydrogen (secondary N) is 1. The van der Waals surface area contributed by atoms with Gasteiger partial charge in [-0.05, 0) is 53.0 Å². The van der Waals surface area contributed by atoms with Crippen molar-refractivity contribution in [1.82, 2.24) is 10.2 Å². The van der Waals surface area contributed by atoms with Gasteiger partial charge in [-0.15, -0.1) is 0 Å². The van der Waals surface area contributed by atoms with Crippen LogP contribution in [0.1, 0.15) is 77.6 Å². The van der Waals surface area contributed by atoms with E-state index in [4.69, 9.17) is 0 Å². The summed E-state index contributed by atoms with van der Waals surface area (Å²) in [6.45, 7) is 5.90.